The number of imide groups is 1. The lowest BCUT2D eigenvalue weighted by Crippen LogP contribution is -2.42. The van der Waals surface area contributed by atoms with Crippen molar-refractivity contribution >= 4 is 23.9 Å². The molecule has 0 radical (unpaired) electrons. The number of amides is 3. The molecule has 1 heterocycles. The van der Waals surface area contributed by atoms with Crippen LogP contribution in [0.2, 0.25) is 0 Å². The van der Waals surface area contributed by atoms with Crippen molar-refractivity contribution in [1.29, 1.82) is 0 Å². The Bertz CT molecular complexity index is 508. The van der Waals surface area contributed by atoms with Gasteiger partial charge in [-0.3, -0.25) is 14.9 Å². The van der Waals surface area contributed by atoms with E-state index < -0.39 is 24.5 Å². The number of hydrogen-bond donors (Lipinski definition) is 2. The van der Waals surface area contributed by atoms with Crippen molar-refractivity contribution in [2.45, 2.75) is 13.3 Å². The Hall–Kier alpha value is -2.71. The fraction of sp³-hybridized carbons (Fsp3) is 0.462. The molecule has 9 heteroatoms. The second-order valence-corrected chi connectivity index (χ2v) is 4.37. The molecule has 0 unspecified atom stereocenters. The van der Waals surface area contributed by atoms with E-state index in [4.69, 9.17) is 4.74 Å². The SMILES string of the molecule is CCCNC(=O)NC(=O)COC(=O)CN(C)c1ncccn1. The standard InChI is InChI=1S/C13H19N5O4/c1-3-5-16-13(21)17-10(19)9-22-11(20)8-18(2)12-14-6-4-7-15-12/h4,6-7H,3,5,8-9H2,1-2H3,(H2,16,17,19,21). The fourth-order valence-electron chi connectivity index (χ4n) is 1.39. The van der Waals surface area contributed by atoms with E-state index in [1.54, 1.807) is 25.5 Å². The van der Waals surface area contributed by atoms with Gasteiger partial charge in [0.1, 0.15) is 6.54 Å². The zero-order chi connectivity index (χ0) is 16.4. The number of carbonyl (C=O) groups is 3. The van der Waals surface area contributed by atoms with Gasteiger partial charge in [0.05, 0.1) is 0 Å². The highest BCUT2D eigenvalue weighted by atomic mass is 16.5. The maximum absolute atomic E-state index is 11.6. The fourth-order valence-corrected chi connectivity index (χ4v) is 1.39. The van der Waals surface area contributed by atoms with Crippen molar-refractivity contribution in [2.75, 3.05) is 31.6 Å². The molecule has 9 nitrogen and oxygen atoms in total. The van der Waals surface area contributed by atoms with Gasteiger partial charge in [-0.1, -0.05) is 6.92 Å². The number of nitrogens with zero attached hydrogens (tertiary/aromatic N) is 3. The van der Waals surface area contributed by atoms with Crippen LogP contribution < -0.4 is 15.5 Å². The number of carbonyl (C=O) groups excluding carboxylic acids is 3. The highest BCUT2D eigenvalue weighted by Gasteiger charge is 2.13. The summed E-state index contributed by atoms with van der Waals surface area (Å²) in [6, 6.07) is 1.04. The minimum atomic E-state index is -0.694. The maximum Gasteiger partial charge on any atom is 0.326 e. The second-order valence-electron chi connectivity index (χ2n) is 4.37. The van der Waals surface area contributed by atoms with Crippen LogP contribution in [0.15, 0.2) is 18.5 Å². The van der Waals surface area contributed by atoms with Crippen LogP contribution in [0.4, 0.5) is 10.7 Å². The van der Waals surface area contributed by atoms with E-state index in [1.807, 2.05) is 6.92 Å². The topological polar surface area (TPSA) is 114 Å². The summed E-state index contributed by atoms with van der Waals surface area (Å²) in [4.78, 5) is 43.6. The first kappa shape index (κ1) is 17.3. The number of hydrogen-bond acceptors (Lipinski definition) is 7. The lowest BCUT2D eigenvalue weighted by molar-refractivity contribution is -0.146. The van der Waals surface area contributed by atoms with Crippen LogP contribution in [-0.4, -0.2) is 54.6 Å². The number of aromatic nitrogens is 2. The quantitative estimate of drug-likeness (QED) is 0.664. The molecule has 22 heavy (non-hydrogen) atoms. The first-order valence-electron chi connectivity index (χ1n) is 6.74. The summed E-state index contributed by atoms with van der Waals surface area (Å²) in [5.41, 5.74) is 0. The smallest absolute Gasteiger partial charge is 0.326 e. The third-order valence-electron chi connectivity index (χ3n) is 2.41. The zero-order valence-electron chi connectivity index (χ0n) is 12.5. The van der Waals surface area contributed by atoms with Crippen molar-refractivity contribution in [3.8, 4) is 0 Å². The summed E-state index contributed by atoms with van der Waals surface area (Å²) in [5, 5.41) is 4.52. The summed E-state index contributed by atoms with van der Waals surface area (Å²) >= 11 is 0. The molecule has 1 aromatic rings. The van der Waals surface area contributed by atoms with Crippen LogP contribution in [0.25, 0.3) is 0 Å². The highest BCUT2D eigenvalue weighted by molar-refractivity contribution is 5.95. The van der Waals surface area contributed by atoms with E-state index in [0.717, 1.165) is 6.42 Å². The lowest BCUT2D eigenvalue weighted by atomic mass is 10.5. The average Bonchev–Trinajstić information content (AvgIpc) is 2.51. The highest BCUT2D eigenvalue weighted by Crippen LogP contribution is 2.01. The molecule has 0 bridgehead atoms. The summed E-state index contributed by atoms with van der Waals surface area (Å²) in [7, 11) is 1.62. The molecule has 0 fully saturated rings. The molecule has 0 aliphatic rings. The van der Waals surface area contributed by atoms with Crippen molar-refractivity contribution < 1.29 is 19.1 Å². The summed E-state index contributed by atoms with van der Waals surface area (Å²) < 4.78 is 4.77. The van der Waals surface area contributed by atoms with E-state index in [9.17, 15) is 14.4 Å². The number of likely N-dealkylation sites (N-methyl/N-ethyl adjacent to an activating group) is 1. The van der Waals surface area contributed by atoms with E-state index in [2.05, 4.69) is 20.6 Å². The van der Waals surface area contributed by atoms with Crippen LogP contribution in [0.1, 0.15) is 13.3 Å². The molecule has 2 N–H and O–H groups in total. The Morgan fingerprint density at radius 2 is 1.95 bits per heavy atom. The van der Waals surface area contributed by atoms with Gasteiger partial charge in [-0.25, -0.2) is 14.8 Å². The second kappa shape index (κ2) is 9.27. The predicted octanol–water partition coefficient (Wildman–Crippen LogP) is -0.308. The average molecular weight is 309 g/mol. The minimum Gasteiger partial charge on any atom is -0.454 e. The monoisotopic (exact) mass is 309 g/mol. The predicted molar refractivity (Wildman–Crippen MR) is 78.1 cm³/mol. The van der Waals surface area contributed by atoms with Crippen LogP contribution in [0.3, 0.4) is 0 Å². The Morgan fingerprint density at radius 3 is 2.59 bits per heavy atom. The van der Waals surface area contributed by atoms with E-state index in [1.165, 1.54) is 4.90 Å². The first-order valence-corrected chi connectivity index (χ1v) is 6.74. The molecule has 1 rings (SSSR count). The largest absolute Gasteiger partial charge is 0.454 e. The summed E-state index contributed by atoms with van der Waals surface area (Å²) in [5.74, 6) is -0.956. The van der Waals surface area contributed by atoms with Crippen LogP contribution in [0.5, 0.6) is 0 Å². The molecule has 0 aliphatic heterocycles. The van der Waals surface area contributed by atoms with Crippen molar-refractivity contribution in [2.24, 2.45) is 0 Å². The van der Waals surface area contributed by atoms with Gasteiger partial charge in [-0.2, -0.15) is 0 Å². The number of anilines is 1. The normalized spacial score (nSPS) is 9.73. The van der Waals surface area contributed by atoms with Gasteiger partial charge in [-0.05, 0) is 12.5 Å². The maximum atomic E-state index is 11.6. The molecule has 0 atom stereocenters. The van der Waals surface area contributed by atoms with Gasteiger partial charge in [-0.15, -0.1) is 0 Å². The first-order chi connectivity index (χ1) is 10.5. The number of esters is 1. The molecule has 0 aliphatic carbocycles. The van der Waals surface area contributed by atoms with Crippen molar-refractivity contribution in [3.63, 3.8) is 0 Å². The minimum absolute atomic E-state index is 0.112. The number of ether oxygens (including phenoxy) is 1. The molecule has 0 aromatic carbocycles. The Labute approximate surface area is 128 Å². The third-order valence-corrected chi connectivity index (χ3v) is 2.41. The molecule has 3 amide bonds. The van der Waals surface area contributed by atoms with Gasteiger partial charge >= 0.3 is 12.0 Å². The molecule has 0 saturated carbocycles. The van der Waals surface area contributed by atoms with E-state index in [0.29, 0.717) is 12.5 Å². The lowest BCUT2D eigenvalue weighted by Gasteiger charge is -2.15. The van der Waals surface area contributed by atoms with Crippen molar-refractivity contribution in [3.05, 3.63) is 18.5 Å². The van der Waals surface area contributed by atoms with Gasteiger partial charge in [0.15, 0.2) is 6.61 Å². The molecule has 1 aromatic heterocycles. The number of nitrogens with one attached hydrogen (secondary N) is 2. The zero-order valence-corrected chi connectivity index (χ0v) is 12.5. The molecular formula is C13H19N5O4. The number of urea groups is 1. The van der Waals surface area contributed by atoms with Gasteiger partial charge in [0, 0.05) is 26.0 Å². The third kappa shape index (κ3) is 6.64. The molecule has 0 spiro atoms. The molecule has 0 saturated heterocycles. The summed E-state index contributed by atoms with van der Waals surface area (Å²) in [6.45, 7) is 1.71. The Morgan fingerprint density at radius 1 is 1.27 bits per heavy atom. The van der Waals surface area contributed by atoms with E-state index >= 15 is 0 Å². The van der Waals surface area contributed by atoms with Gasteiger partial charge in [0.25, 0.3) is 5.91 Å². The van der Waals surface area contributed by atoms with E-state index in [-0.39, 0.29) is 6.54 Å². The van der Waals surface area contributed by atoms with Crippen LogP contribution in [-0.2, 0) is 14.3 Å². The van der Waals surface area contributed by atoms with Gasteiger partial charge < -0.3 is 15.0 Å². The van der Waals surface area contributed by atoms with Crippen LogP contribution in [0, 0.1) is 0 Å². The Kier molecular flexibility index (Phi) is 7.31. The van der Waals surface area contributed by atoms with Gasteiger partial charge in [0.2, 0.25) is 5.95 Å². The summed E-state index contributed by atoms with van der Waals surface area (Å²) in [6.07, 6.45) is 3.85. The Balaban J connectivity index is 2.28. The van der Waals surface area contributed by atoms with Crippen LogP contribution >= 0.6 is 0 Å². The van der Waals surface area contributed by atoms with Crippen molar-refractivity contribution in [1.82, 2.24) is 20.6 Å². The molecule has 120 valence electrons. The number of rotatable bonds is 7. The molecular weight excluding hydrogens is 290 g/mol.